The molecule has 0 atom stereocenters. The van der Waals surface area contributed by atoms with Crippen LogP contribution in [0, 0.1) is 0 Å². The van der Waals surface area contributed by atoms with Gasteiger partial charge in [0.1, 0.15) is 5.75 Å². The number of hydrazone groups is 1. The lowest BCUT2D eigenvalue weighted by atomic mass is 10.0. The number of rotatable bonds is 5. The first kappa shape index (κ1) is 16.2. The highest BCUT2D eigenvalue weighted by Crippen LogP contribution is 2.26. The molecule has 2 aromatic carbocycles. The van der Waals surface area contributed by atoms with Crippen LogP contribution in [0.5, 0.6) is 5.75 Å². The van der Waals surface area contributed by atoms with Gasteiger partial charge in [0.15, 0.2) is 5.11 Å². The van der Waals surface area contributed by atoms with Crippen LogP contribution in [-0.2, 0) is 0 Å². The van der Waals surface area contributed by atoms with E-state index in [4.69, 9.17) is 17.0 Å². The molecule has 0 aromatic heterocycles. The largest absolute Gasteiger partial charge is 0.493 e. The van der Waals surface area contributed by atoms with E-state index in [1.165, 1.54) is 0 Å². The van der Waals surface area contributed by atoms with Gasteiger partial charge in [-0.2, -0.15) is 5.10 Å². The van der Waals surface area contributed by atoms with Gasteiger partial charge in [-0.25, -0.2) is 0 Å². The number of nitrogens with zero attached hydrogens (tertiary/aromatic N) is 1. The lowest BCUT2D eigenvalue weighted by Crippen LogP contribution is -2.36. The molecule has 5 heteroatoms. The maximum Gasteiger partial charge on any atom is 0.187 e. The molecule has 0 saturated heterocycles. The minimum atomic E-state index is 0.270. The summed E-state index contributed by atoms with van der Waals surface area (Å²) in [5.74, 6) is 0.814. The third kappa shape index (κ3) is 4.18. The Bertz CT molecular complexity index is 683. The van der Waals surface area contributed by atoms with Crippen LogP contribution >= 0.6 is 12.2 Å². The first-order chi connectivity index (χ1) is 10.6. The van der Waals surface area contributed by atoms with Crippen molar-refractivity contribution in [2.45, 2.75) is 26.8 Å². The number of nitrogens with one attached hydrogen (secondary N) is 2. The number of benzene rings is 2. The van der Waals surface area contributed by atoms with Crippen molar-refractivity contribution in [2.24, 2.45) is 5.10 Å². The first-order valence-electron chi connectivity index (χ1n) is 7.36. The fraction of sp³-hybridized carbons (Fsp3) is 0.294. The summed E-state index contributed by atoms with van der Waals surface area (Å²) in [7, 11) is 0. The Hall–Kier alpha value is -2.14. The van der Waals surface area contributed by atoms with Gasteiger partial charge in [-0.3, -0.25) is 5.43 Å². The first-order valence-corrected chi connectivity index (χ1v) is 7.76. The summed E-state index contributed by atoms with van der Waals surface area (Å²) in [6, 6.07) is 12.4. The van der Waals surface area contributed by atoms with E-state index >= 15 is 0 Å². The highest BCUT2D eigenvalue weighted by Gasteiger charge is 2.06. The van der Waals surface area contributed by atoms with Gasteiger partial charge in [0.05, 0.1) is 12.8 Å². The summed E-state index contributed by atoms with van der Waals surface area (Å²) in [4.78, 5) is 0. The van der Waals surface area contributed by atoms with Gasteiger partial charge >= 0.3 is 0 Å². The van der Waals surface area contributed by atoms with Crippen LogP contribution in [-0.4, -0.2) is 24.0 Å². The van der Waals surface area contributed by atoms with Crippen LogP contribution in [0.25, 0.3) is 10.8 Å². The zero-order valence-electron chi connectivity index (χ0n) is 13.1. The van der Waals surface area contributed by atoms with E-state index in [0.717, 1.165) is 22.1 Å². The molecular weight excluding hydrogens is 294 g/mol. The van der Waals surface area contributed by atoms with Crippen LogP contribution in [0.1, 0.15) is 26.3 Å². The zero-order chi connectivity index (χ0) is 15.9. The lowest BCUT2D eigenvalue weighted by Gasteiger charge is -2.11. The topological polar surface area (TPSA) is 45.6 Å². The summed E-state index contributed by atoms with van der Waals surface area (Å²) in [5, 5.41) is 10.1. The Morgan fingerprint density at radius 3 is 2.77 bits per heavy atom. The van der Waals surface area contributed by atoms with Gasteiger partial charge in [-0.1, -0.05) is 30.3 Å². The summed E-state index contributed by atoms with van der Waals surface area (Å²) < 4.78 is 5.70. The molecule has 2 N–H and O–H groups in total. The Labute approximate surface area is 136 Å². The van der Waals surface area contributed by atoms with E-state index in [2.05, 4.69) is 34.0 Å². The van der Waals surface area contributed by atoms with Gasteiger partial charge in [0.2, 0.25) is 0 Å². The monoisotopic (exact) mass is 315 g/mol. The normalized spacial score (nSPS) is 11.1. The molecule has 0 amide bonds. The predicted molar refractivity (Wildman–Crippen MR) is 96.7 cm³/mol. The number of ether oxygens (including phenoxy) is 1. The second-order valence-electron chi connectivity index (χ2n) is 5.13. The summed E-state index contributed by atoms with van der Waals surface area (Å²) in [6.07, 6.45) is 1.75. The van der Waals surface area contributed by atoms with Crippen molar-refractivity contribution in [3.05, 3.63) is 42.0 Å². The van der Waals surface area contributed by atoms with Crippen molar-refractivity contribution in [1.82, 2.24) is 10.7 Å². The molecule has 2 rings (SSSR count). The fourth-order valence-electron chi connectivity index (χ4n) is 2.14. The van der Waals surface area contributed by atoms with E-state index in [-0.39, 0.29) is 6.04 Å². The molecule has 0 saturated carbocycles. The van der Waals surface area contributed by atoms with Crippen LogP contribution < -0.4 is 15.5 Å². The van der Waals surface area contributed by atoms with Crippen LogP contribution in [0.4, 0.5) is 0 Å². The molecule has 0 radical (unpaired) electrons. The fourth-order valence-corrected chi connectivity index (χ4v) is 2.43. The van der Waals surface area contributed by atoms with E-state index < -0.39 is 0 Å². The zero-order valence-corrected chi connectivity index (χ0v) is 13.9. The van der Waals surface area contributed by atoms with Gasteiger partial charge in [-0.15, -0.1) is 0 Å². The minimum absolute atomic E-state index is 0.270. The molecule has 0 fully saturated rings. The third-order valence-electron chi connectivity index (χ3n) is 3.01. The molecular formula is C17H21N3OS. The van der Waals surface area contributed by atoms with Crippen molar-refractivity contribution >= 4 is 34.3 Å². The molecule has 0 bridgehead atoms. The second kappa shape index (κ2) is 7.75. The van der Waals surface area contributed by atoms with Gasteiger partial charge in [0.25, 0.3) is 0 Å². The van der Waals surface area contributed by atoms with Crippen molar-refractivity contribution in [1.29, 1.82) is 0 Å². The van der Waals surface area contributed by atoms with E-state index in [1.54, 1.807) is 6.21 Å². The molecule has 0 unspecified atom stereocenters. The van der Waals surface area contributed by atoms with E-state index in [1.807, 2.05) is 39.0 Å². The second-order valence-corrected chi connectivity index (χ2v) is 5.54. The number of hydrogen-bond donors (Lipinski definition) is 2. The molecule has 0 spiro atoms. The van der Waals surface area contributed by atoms with E-state index in [0.29, 0.717) is 11.7 Å². The van der Waals surface area contributed by atoms with E-state index in [9.17, 15) is 0 Å². The molecule has 4 nitrogen and oxygen atoms in total. The summed E-state index contributed by atoms with van der Waals surface area (Å²) >= 11 is 5.16. The van der Waals surface area contributed by atoms with Gasteiger partial charge in [-0.05, 0) is 49.8 Å². The smallest absolute Gasteiger partial charge is 0.187 e. The van der Waals surface area contributed by atoms with Gasteiger partial charge < -0.3 is 10.1 Å². The summed E-state index contributed by atoms with van der Waals surface area (Å²) in [6.45, 7) is 6.63. The quantitative estimate of drug-likeness (QED) is 0.504. The summed E-state index contributed by atoms with van der Waals surface area (Å²) in [5.41, 5.74) is 3.77. The van der Waals surface area contributed by atoms with Crippen LogP contribution in [0.15, 0.2) is 41.5 Å². The Morgan fingerprint density at radius 1 is 1.27 bits per heavy atom. The van der Waals surface area contributed by atoms with Crippen LogP contribution in [0.2, 0.25) is 0 Å². The average molecular weight is 315 g/mol. The third-order valence-corrected chi connectivity index (χ3v) is 3.22. The van der Waals surface area contributed by atoms with Crippen molar-refractivity contribution in [3.8, 4) is 5.75 Å². The Kier molecular flexibility index (Phi) is 5.72. The molecule has 22 heavy (non-hydrogen) atoms. The lowest BCUT2D eigenvalue weighted by molar-refractivity contribution is 0.340. The van der Waals surface area contributed by atoms with Crippen molar-refractivity contribution < 1.29 is 4.74 Å². The van der Waals surface area contributed by atoms with Crippen molar-refractivity contribution in [3.63, 3.8) is 0 Å². The van der Waals surface area contributed by atoms with Gasteiger partial charge in [0, 0.05) is 11.6 Å². The molecule has 0 aliphatic rings. The maximum atomic E-state index is 5.70. The molecule has 116 valence electrons. The SMILES string of the molecule is CCOc1ccc2ccccc2c1/C=N\NC(=S)NC(C)C. The Balaban J connectivity index is 2.27. The minimum Gasteiger partial charge on any atom is -0.493 e. The molecule has 2 aromatic rings. The highest BCUT2D eigenvalue weighted by atomic mass is 32.1. The molecule has 0 aliphatic heterocycles. The Morgan fingerprint density at radius 2 is 2.05 bits per heavy atom. The average Bonchev–Trinajstić information content (AvgIpc) is 2.48. The van der Waals surface area contributed by atoms with Crippen molar-refractivity contribution in [2.75, 3.05) is 6.61 Å². The standard InChI is InChI=1S/C17H21N3OS/c1-4-21-16-10-9-13-7-5-6-8-14(13)15(16)11-18-20-17(22)19-12(2)3/h5-12H,4H2,1-3H3,(H2,19,20,22)/b18-11-. The number of fused-ring (bicyclic) bond motifs is 1. The van der Waals surface area contributed by atoms with Crippen LogP contribution in [0.3, 0.4) is 0 Å². The highest BCUT2D eigenvalue weighted by molar-refractivity contribution is 7.80. The number of thiocarbonyl (C=S) groups is 1. The maximum absolute atomic E-state index is 5.70. The molecule has 0 aliphatic carbocycles. The molecule has 0 heterocycles. The predicted octanol–water partition coefficient (Wildman–Crippen LogP) is 3.44. The number of hydrogen-bond acceptors (Lipinski definition) is 3.